The second kappa shape index (κ2) is 7.48. The zero-order valence-electron chi connectivity index (χ0n) is 14.1. The SMILES string of the molecule is CC(C)Cc1nn(-c2nccs2)cc1C(=O)NCc1ccc(O)cc1. The molecule has 1 aromatic carbocycles. The van der Waals surface area contributed by atoms with Crippen LogP contribution in [0, 0.1) is 5.92 Å². The van der Waals surface area contributed by atoms with Crippen molar-refractivity contribution in [3.05, 3.63) is 58.9 Å². The third-order valence-electron chi connectivity index (χ3n) is 3.64. The van der Waals surface area contributed by atoms with E-state index in [-0.39, 0.29) is 11.7 Å². The van der Waals surface area contributed by atoms with Gasteiger partial charge in [-0.2, -0.15) is 5.10 Å². The maximum absolute atomic E-state index is 12.6. The Morgan fingerprint density at radius 3 is 2.72 bits per heavy atom. The molecule has 0 bridgehead atoms. The van der Waals surface area contributed by atoms with Gasteiger partial charge in [0.1, 0.15) is 5.75 Å². The Kier molecular flexibility index (Phi) is 5.14. The van der Waals surface area contributed by atoms with Crippen LogP contribution in [0.25, 0.3) is 5.13 Å². The van der Waals surface area contributed by atoms with Crippen molar-refractivity contribution >= 4 is 17.2 Å². The van der Waals surface area contributed by atoms with Crippen molar-refractivity contribution < 1.29 is 9.90 Å². The van der Waals surface area contributed by atoms with E-state index < -0.39 is 0 Å². The number of amides is 1. The number of carbonyl (C=O) groups is 1. The van der Waals surface area contributed by atoms with E-state index in [0.29, 0.717) is 18.0 Å². The third kappa shape index (κ3) is 4.24. The average molecular weight is 356 g/mol. The van der Waals surface area contributed by atoms with Gasteiger partial charge in [-0.15, -0.1) is 11.3 Å². The van der Waals surface area contributed by atoms with E-state index in [2.05, 4.69) is 29.2 Å². The van der Waals surface area contributed by atoms with Gasteiger partial charge in [-0.1, -0.05) is 26.0 Å². The molecule has 0 saturated carbocycles. The summed E-state index contributed by atoms with van der Waals surface area (Å²) in [6.45, 7) is 4.59. The number of carbonyl (C=O) groups excluding carboxylic acids is 1. The highest BCUT2D eigenvalue weighted by Gasteiger charge is 2.18. The van der Waals surface area contributed by atoms with Crippen LogP contribution in [-0.4, -0.2) is 25.8 Å². The predicted octanol–water partition coefficient (Wildman–Crippen LogP) is 3.16. The van der Waals surface area contributed by atoms with Gasteiger partial charge in [0.25, 0.3) is 5.91 Å². The Morgan fingerprint density at radius 2 is 2.08 bits per heavy atom. The number of phenolic OH excluding ortho intramolecular Hbond substituents is 1. The summed E-state index contributed by atoms with van der Waals surface area (Å²) in [6.07, 6.45) is 4.18. The van der Waals surface area contributed by atoms with Crippen molar-refractivity contribution in [2.24, 2.45) is 5.92 Å². The van der Waals surface area contributed by atoms with Gasteiger partial charge in [0, 0.05) is 24.3 Å². The first-order valence-corrected chi connectivity index (χ1v) is 8.95. The quantitative estimate of drug-likeness (QED) is 0.711. The van der Waals surface area contributed by atoms with E-state index in [1.165, 1.54) is 11.3 Å². The van der Waals surface area contributed by atoms with Gasteiger partial charge in [0.05, 0.1) is 11.3 Å². The molecular formula is C18H20N4O2S. The number of benzene rings is 1. The summed E-state index contributed by atoms with van der Waals surface area (Å²) in [5.74, 6) is 0.439. The smallest absolute Gasteiger partial charge is 0.255 e. The van der Waals surface area contributed by atoms with Gasteiger partial charge in [-0.3, -0.25) is 4.79 Å². The molecule has 0 saturated heterocycles. The van der Waals surface area contributed by atoms with Crippen LogP contribution in [0.4, 0.5) is 0 Å². The fourth-order valence-corrected chi connectivity index (χ4v) is 3.02. The Hall–Kier alpha value is -2.67. The normalized spacial score (nSPS) is 11.0. The van der Waals surface area contributed by atoms with E-state index in [1.54, 1.807) is 41.3 Å². The van der Waals surface area contributed by atoms with E-state index in [0.717, 1.165) is 22.8 Å². The lowest BCUT2D eigenvalue weighted by molar-refractivity contribution is 0.0950. The van der Waals surface area contributed by atoms with Crippen LogP contribution in [0.1, 0.15) is 35.5 Å². The van der Waals surface area contributed by atoms with Crippen LogP contribution in [0.3, 0.4) is 0 Å². The molecule has 2 N–H and O–H groups in total. The van der Waals surface area contributed by atoms with Gasteiger partial charge in [0.2, 0.25) is 5.13 Å². The molecule has 0 unspecified atom stereocenters. The summed E-state index contributed by atoms with van der Waals surface area (Å²) < 4.78 is 1.66. The maximum atomic E-state index is 12.6. The molecule has 0 aliphatic rings. The highest BCUT2D eigenvalue weighted by molar-refractivity contribution is 7.12. The largest absolute Gasteiger partial charge is 0.508 e. The number of aromatic hydroxyl groups is 1. The summed E-state index contributed by atoms with van der Waals surface area (Å²) in [5, 5.41) is 19.4. The molecule has 0 radical (unpaired) electrons. The predicted molar refractivity (Wildman–Crippen MR) is 97.1 cm³/mol. The van der Waals surface area contributed by atoms with Crippen LogP contribution >= 0.6 is 11.3 Å². The molecule has 1 amide bonds. The molecule has 0 fully saturated rings. The third-order valence-corrected chi connectivity index (χ3v) is 4.40. The van der Waals surface area contributed by atoms with Crippen molar-refractivity contribution in [3.8, 4) is 10.9 Å². The number of aromatic nitrogens is 3. The number of hydrogen-bond acceptors (Lipinski definition) is 5. The van der Waals surface area contributed by atoms with Gasteiger partial charge in [-0.25, -0.2) is 9.67 Å². The molecule has 0 aliphatic carbocycles. The van der Waals surface area contributed by atoms with Crippen LogP contribution in [0.5, 0.6) is 5.75 Å². The molecule has 6 nitrogen and oxygen atoms in total. The van der Waals surface area contributed by atoms with Crippen molar-refractivity contribution in [2.45, 2.75) is 26.8 Å². The second-order valence-electron chi connectivity index (χ2n) is 6.20. The Morgan fingerprint density at radius 1 is 1.32 bits per heavy atom. The molecule has 25 heavy (non-hydrogen) atoms. The summed E-state index contributed by atoms with van der Waals surface area (Å²) in [4.78, 5) is 16.9. The topological polar surface area (TPSA) is 80.0 Å². The number of nitrogens with zero attached hydrogens (tertiary/aromatic N) is 3. The molecule has 2 aromatic heterocycles. The van der Waals surface area contributed by atoms with Crippen molar-refractivity contribution in [3.63, 3.8) is 0 Å². The standard InChI is InChI=1S/C18H20N4O2S/c1-12(2)9-16-15(11-22(21-16)18-19-7-8-25-18)17(24)20-10-13-3-5-14(23)6-4-13/h3-8,11-12,23H,9-10H2,1-2H3,(H,20,24). The van der Waals surface area contributed by atoms with E-state index >= 15 is 0 Å². The lowest BCUT2D eigenvalue weighted by atomic mass is 10.0. The fourth-order valence-electron chi connectivity index (χ4n) is 2.46. The molecule has 3 rings (SSSR count). The van der Waals surface area contributed by atoms with E-state index in [4.69, 9.17) is 0 Å². The van der Waals surface area contributed by atoms with Crippen LogP contribution in [0.15, 0.2) is 42.0 Å². The first-order chi connectivity index (χ1) is 12.0. The average Bonchev–Trinajstić information content (AvgIpc) is 3.23. The number of phenols is 1. The van der Waals surface area contributed by atoms with Gasteiger partial charge < -0.3 is 10.4 Å². The minimum atomic E-state index is -0.161. The van der Waals surface area contributed by atoms with E-state index in [1.807, 2.05) is 5.38 Å². The molecule has 3 aromatic rings. The summed E-state index contributed by atoms with van der Waals surface area (Å²) in [7, 11) is 0. The summed E-state index contributed by atoms with van der Waals surface area (Å²) in [5.41, 5.74) is 2.26. The minimum Gasteiger partial charge on any atom is -0.508 e. The summed E-state index contributed by atoms with van der Waals surface area (Å²) in [6, 6.07) is 6.77. The van der Waals surface area contributed by atoms with Crippen LogP contribution < -0.4 is 5.32 Å². The van der Waals surface area contributed by atoms with Gasteiger partial charge >= 0.3 is 0 Å². The molecular weight excluding hydrogens is 336 g/mol. The van der Waals surface area contributed by atoms with E-state index in [9.17, 15) is 9.90 Å². The Balaban J connectivity index is 1.78. The van der Waals surface area contributed by atoms with Gasteiger partial charge in [-0.05, 0) is 30.0 Å². The number of rotatable bonds is 6. The highest BCUT2D eigenvalue weighted by Crippen LogP contribution is 2.18. The minimum absolute atomic E-state index is 0.161. The molecule has 130 valence electrons. The monoisotopic (exact) mass is 356 g/mol. The fraction of sp³-hybridized carbons (Fsp3) is 0.278. The first kappa shape index (κ1) is 17.2. The van der Waals surface area contributed by atoms with Crippen LogP contribution in [0.2, 0.25) is 0 Å². The summed E-state index contributed by atoms with van der Waals surface area (Å²) >= 11 is 1.47. The zero-order valence-corrected chi connectivity index (χ0v) is 15.0. The number of nitrogens with one attached hydrogen (secondary N) is 1. The van der Waals surface area contributed by atoms with Crippen LogP contribution in [-0.2, 0) is 13.0 Å². The highest BCUT2D eigenvalue weighted by atomic mass is 32.1. The molecule has 0 atom stereocenters. The lowest BCUT2D eigenvalue weighted by Crippen LogP contribution is -2.23. The number of hydrogen-bond donors (Lipinski definition) is 2. The lowest BCUT2D eigenvalue weighted by Gasteiger charge is -2.07. The molecule has 0 aliphatic heterocycles. The van der Waals surface area contributed by atoms with Crippen molar-refractivity contribution in [1.82, 2.24) is 20.1 Å². The Bertz CT molecular complexity index is 839. The second-order valence-corrected chi connectivity index (χ2v) is 7.07. The molecule has 7 heteroatoms. The first-order valence-electron chi connectivity index (χ1n) is 8.07. The van der Waals surface area contributed by atoms with Crippen molar-refractivity contribution in [1.29, 1.82) is 0 Å². The van der Waals surface area contributed by atoms with Gasteiger partial charge in [0.15, 0.2) is 0 Å². The maximum Gasteiger partial charge on any atom is 0.255 e. The molecule has 0 spiro atoms. The van der Waals surface area contributed by atoms with Crippen molar-refractivity contribution in [2.75, 3.05) is 0 Å². The molecule has 2 heterocycles. The Labute approximate surface area is 150 Å². The number of thiazole rings is 1. The zero-order chi connectivity index (χ0) is 17.8.